The van der Waals surface area contributed by atoms with Crippen molar-refractivity contribution < 1.29 is 63.2 Å². The molecule has 2 fully saturated rings. The fraction of sp³-hybridized carbons (Fsp3) is 0.895. The lowest BCUT2D eigenvalue weighted by Gasteiger charge is -2.41. The van der Waals surface area contributed by atoms with Crippen molar-refractivity contribution >= 4 is 11.9 Å². The SMILES string of the molecule is CCOC(=O)C1O[C@@H](OC)[C@@H](O)[C@@H](O)[C@@H]1OCCO[C@@H]1OC(C(=O)NC)[C@@H](OC)[C@H](O)[C@@H]1O. The zero-order chi connectivity index (χ0) is 24.7. The van der Waals surface area contributed by atoms with Crippen molar-refractivity contribution in [2.24, 2.45) is 0 Å². The summed E-state index contributed by atoms with van der Waals surface area (Å²) in [6, 6.07) is 0. The van der Waals surface area contributed by atoms with Crippen LogP contribution in [0, 0.1) is 0 Å². The molecule has 5 N–H and O–H groups in total. The lowest BCUT2D eigenvalue weighted by molar-refractivity contribution is -0.306. The van der Waals surface area contributed by atoms with Gasteiger partial charge < -0.3 is 58.9 Å². The number of carbonyl (C=O) groups excluding carboxylic acids is 2. The van der Waals surface area contributed by atoms with Crippen LogP contribution in [0.2, 0.25) is 0 Å². The topological polar surface area (TPSA) is 192 Å². The Morgan fingerprint density at radius 1 is 0.818 bits per heavy atom. The summed E-state index contributed by atoms with van der Waals surface area (Å²) in [6.45, 7) is 1.16. The first-order valence-electron chi connectivity index (χ1n) is 10.4. The number of rotatable bonds is 10. The van der Waals surface area contributed by atoms with Gasteiger partial charge in [0.1, 0.15) is 36.6 Å². The molecule has 0 aliphatic carbocycles. The summed E-state index contributed by atoms with van der Waals surface area (Å²) in [5.74, 6) is -1.40. The maximum atomic E-state index is 12.2. The number of amides is 1. The van der Waals surface area contributed by atoms with Crippen LogP contribution in [0.4, 0.5) is 0 Å². The largest absolute Gasteiger partial charge is 0.464 e. The van der Waals surface area contributed by atoms with Crippen molar-refractivity contribution in [3.05, 3.63) is 0 Å². The zero-order valence-corrected chi connectivity index (χ0v) is 18.9. The Morgan fingerprint density at radius 3 is 1.97 bits per heavy atom. The third-order valence-corrected chi connectivity index (χ3v) is 5.29. The molecule has 0 saturated carbocycles. The van der Waals surface area contributed by atoms with Gasteiger partial charge >= 0.3 is 5.97 Å². The van der Waals surface area contributed by atoms with E-state index in [9.17, 15) is 30.0 Å². The van der Waals surface area contributed by atoms with Crippen LogP contribution < -0.4 is 5.32 Å². The normalized spacial score (nSPS) is 39.2. The van der Waals surface area contributed by atoms with E-state index >= 15 is 0 Å². The van der Waals surface area contributed by atoms with E-state index in [-0.39, 0.29) is 19.8 Å². The molecule has 0 radical (unpaired) electrons. The number of esters is 1. The highest BCUT2D eigenvalue weighted by molar-refractivity contribution is 5.81. The molecule has 2 unspecified atom stereocenters. The van der Waals surface area contributed by atoms with Crippen molar-refractivity contribution in [3.63, 3.8) is 0 Å². The Labute approximate surface area is 190 Å². The molecule has 0 aromatic heterocycles. The van der Waals surface area contributed by atoms with Crippen LogP contribution in [0.3, 0.4) is 0 Å². The van der Waals surface area contributed by atoms with Crippen LogP contribution in [0.1, 0.15) is 6.92 Å². The highest BCUT2D eigenvalue weighted by Gasteiger charge is 2.50. The van der Waals surface area contributed by atoms with Crippen LogP contribution in [-0.4, -0.2) is 135 Å². The first kappa shape index (κ1) is 27.8. The molecule has 14 nitrogen and oxygen atoms in total. The van der Waals surface area contributed by atoms with Crippen molar-refractivity contribution in [3.8, 4) is 0 Å². The molecule has 0 aromatic rings. The van der Waals surface area contributed by atoms with Gasteiger partial charge in [-0.3, -0.25) is 4.79 Å². The van der Waals surface area contributed by atoms with Crippen LogP contribution in [0.5, 0.6) is 0 Å². The number of likely N-dealkylation sites (N-methyl/N-ethyl adjacent to an activating group) is 1. The van der Waals surface area contributed by atoms with Gasteiger partial charge in [0, 0.05) is 21.3 Å². The number of hydrogen-bond donors (Lipinski definition) is 5. The van der Waals surface area contributed by atoms with E-state index in [4.69, 9.17) is 33.2 Å². The minimum atomic E-state index is -1.54. The number of nitrogens with one attached hydrogen (secondary N) is 1. The fourth-order valence-electron chi connectivity index (χ4n) is 3.57. The predicted molar refractivity (Wildman–Crippen MR) is 106 cm³/mol. The third kappa shape index (κ3) is 6.36. The second-order valence-corrected chi connectivity index (χ2v) is 7.32. The summed E-state index contributed by atoms with van der Waals surface area (Å²) in [6.07, 6.45) is -13.8. The highest BCUT2D eigenvalue weighted by Crippen LogP contribution is 2.26. The number of ether oxygens (including phenoxy) is 7. The van der Waals surface area contributed by atoms with Gasteiger partial charge in [0.05, 0.1) is 19.8 Å². The summed E-state index contributed by atoms with van der Waals surface area (Å²) in [7, 11) is 3.87. The van der Waals surface area contributed by atoms with Crippen LogP contribution >= 0.6 is 0 Å². The second-order valence-electron chi connectivity index (χ2n) is 7.32. The van der Waals surface area contributed by atoms with Gasteiger partial charge in [-0.2, -0.15) is 0 Å². The molecule has 2 heterocycles. The molecule has 2 saturated heterocycles. The van der Waals surface area contributed by atoms with Gasteiger partial charge in [-0.1, -0.05) is 0 Å². The number of methoxy groups -OCH3 is 2. The summed E-state index contributed by atoms with van der Waals surface area (Å²) in [5, 5.41) is 43.4. The molecule has 0 bridgehead atoms. The van der Waals surface area contributed by atoms with E-state index in [2.05, 4.69) is 5.32 Å². The summed E-state index contributed by atoms with van der Waals surface area (Å²) < 4.78 is 36.7. The van der Waals surface area contributed by atoms with Crippen molar-refractivity contribution in [2.45, 2.75) is 68.3 Å². The van der Waals surface area contributed by atoms with Crippen molar-refractivity contribution in [1.29, 1.82) is 0 Å². The van der Waals surface area contributed by atoms with Crippen molar-refractivity contribution in [2.75, 3.05) is 41.1 Å². The first-order valence-corrected chi connectivity index (χ1v) is 10.4. The van der Waals surface area contributed by atoms with Gasteiger partial charge in [-0.15, -0.1) is 0 Å². The molecular formula is C19H33NO13. The minimum Gasteiger partial charge on any atom is -0.464 e. The van der Waals surface area contributed by atoms with Crippen molar-refractivity contribution in [1.82, 2.24) is 5.32 Å². The average Bonchev–Trinajstić information content (AvgIpc) is 2.81. The summed E-state index contributed by atoms with van der Waals surface area (Å²) in [5.41, 5.74) is 0. The van der Waals surface area contributed by atoms with Gasteiger partial charge in [-0.25, -0.2) is 4.79 Å². The maximum Gasteiger partial charge on any atom is 0.338 e. The zero-order valence-electron chi connectivity index (χ0n) is 18.9. The summed E-state index contributed by atoms with van der Waals surface area (Å²) in [4.78, 5) is 24.3. The molecule has 2 aliphatic heterocycles. The number of aliphatic hydroxyl groups is 4. The molecule has 10 atom stereocenters. The average molecular weight is 483 g/mol. The van der Waals surface area contributed by atoms with E-state index in [1.807, 2.05) is 0 Å². The summed E-state index contributed by atoms with van der Waals surface area (Å²) >= 11 is 0. The van der Waals surface area contributed by atoms with Gasteiger partial charge in [0.2, 0.25) is 0 Å². The van der Waals surface area contributed by atoms with E-state index in [0.717, 1.165) is 0 Å². The van der Waals surface area contributed by atoms with E-state index in [1.54, 1.807) is 6.92 Å². The van der Waals surface area contributed by atoms with E-state index < -0.39 is 73.3 Å². The number of hydrogen-bond acceptors (Lipinski definition) is 13. The molecule has 14 heteroatoms. The molecule has 2 rings (SSSR count). The Bertz CT molecular complexity index is 637. The lowest BCUT2D eigenvalue weighted by atomic mass is 9.98. The molecule has 2 aliphatic rings. The lowest BCUT2D eigenvalue weighted by Crippen LogP contribution is -2.62. The van der Waals surface area contributed by atoms with Gasteiger partial charge in [-0.05, 0) is 6.92 Å². The maximum absolute atomic E-state index is 12.2. The van der Waals surface area contributed by atoms with Crippen LogP contribution in [0.25, 0.3) is 0 Å². The van der Waals surface area contributed by atoms with Crippen LogP contribution in [-0.2, 0) is 42.7 Å². The second kappa shape index (κ2) is 12.9. The van der Waals surface area contributed by atoms with Crippen LogP contribution in [0.15, 0.2) is 0 Å². The predicted octanol–water partition coefficient (Wildman–Crippen LogP) is -3.75. The highest BCUT2D eigenvalue weighted by atomic mass is 16.7. The molecular weight excluding hydrogens is 450 g/mol. The minimum absolute atomic E-state index is 0.0546. The number of aliphatic hydroxyl groups excluding tert-OH is 4. The monoisotopic (exact) mass is 483 g/mol. The molecule has 0 aromatic carbocycles. The van der Waals surface area contributed by atoms with E-state index in [1.165, 1.54) is 21.3 Å². The Kier molecular flexibility index (Phi) is 10.8. The van der Waals surface area contributed by atoms with E-state index in [0.29, 0.717) is 0 Å². The molecule has 33 heavy (non-hydrogen) atoms. The van der Waals surface area contributed by atoms with Gasteiger partial charge in [0.25, 0.3) is 5.91 Å². The Hall–Kier alpha value is -1.46. The molecule has 192 valence electrons. The number of carbonyl (C=O) groups is 2. The van der Waals surface area contributed by atoms with Gasteiger partial charge in [0.15, 0.2) is 24.8 Å². The third-order valence-electron chi connectivity index (χ3n) is 5.29. The fourth-order valence-corrected chi connectivity index (χ4v) is 3.57. The molecule has 1 amide bonds. The smallest absolute Gasteiger partial charge is 0.338 e. The standard InChI is InChI=1S/C19H33NO13/c1-5-29-17(26)15-13(9(22)10(23)18(28-4)33-15)30-6-7-31-19-11(24)8(21)12(27-3)14(32-19)16(25)20-2/h8-15,18-19,21-24H,5-7H2,1-4H3,(H,20,25)/t8-,9-,10+,11+,12+,13+,14?,15?,18-,19-/m1/s1. The quantitative estimate of drug-likeness (QED) is 0.150. The Balaban J connectivity index is 1.98. The molecule has 0 spiro atoms. The first-order chi connectivity index (χ1) is 15.7. The Morgan fingerprint density at radius 2 is 1.39 bits per heavy atom.